The van der Waals surface area contributed by atoms with Crippen molar-refractivity contribution in [1.82, 2.24) is 0 Å². The first-order chi connectivity index (χ1) is 14.4. The van der Waals surface area contributed by atoms with Crippen molar-refractivity contribution in [2.45, 2.75) is 91.8 Å². The van der Waals surface area contributed by atoms with E-state index < -0.39 is 0 Å². The fourth-order valence-corrected chi connectivity index (χ4v) is 3.41. The van der Waals surface area contributed by atoms with Crippen molar-refractivity contribution < 1.29 is 14.2 Å². The third-order valence-corrected chi connectivity index (χ3v) is 5.71. The Morgan fingerprint density at radius 3 is 2.00 bits per heavy atom. The lowest BCUT2D eigenvalue weighted by Gasteiger charge is -2.27. The Kier molecular flexibility index (Phi) is 8.59. The molecule has 0 amide bonds. The lowest BCUT2D eigenvalue weighted by Crippen LogP contribution is -2.21. The first kappa shape index (κ1) is 25.3. The zero-order valence-corrected chi connectivity index (χ0v) is 21.0. The monoisotopic (exact) mass is 426 g/mol. The summed E-state index contributed by atoms with van der Waals surface area (Å²) < 4.78 is 17.8. The third kappa shape index (κ3) is 7.57. The van der Waals surface area contributed by atoms with Gasteiger partial charge in [-0.2, -0.15) is 0 Å². The van der Waals surface area contributed by atoms with E-state index in [1.165, 1.54) is 16.7 Å². The Morgan fingerprint density at radius 2 is 1.45 bits per heavy atom. The van der Waals surface area contributed by atoms with Gasteiger partial charge in [-0.15, -0.1) is 0 Å². The van der Waals surface area contributed by atoms with E-state index in [4.69, 9.17) is 14.2 Å². The number of hydrogen-bond acceptors (Lipinski definition) is 3. The molecule has 3 heteroatoms. The molecule has 3 nitrogen and oxygen atoms in total. The van der Waals surface area contributed by atoms with E-state index in [-0.39, 0.29) is 17.1 Å². The summed E-state index contributed by atoms with van der Waals surface area (Å²) in [6.07, 6.45) is 0.804. The van der Waals surface area contributed by atoms with Crippen LogP contribution in [-0.2, 0) is 15.6 Å². The van der Waals surface area contributed by atoms with Gasteiger partial charge in [0, 0.05) is 0 Å². The molecule has 0 aliphatic carbocycles. The average Bonchev–Trinajstić information content (AvgIpc) is 2.69. The predicted molar refractivity (Wildman–Crippen MR) is 131 cm³/mol. The van der Waals surface area contributed by atoms with E-state index in [0.717, 1.165) is 17.9 Å². The van der Waals surface area contributed by atoms with E-state index in [1.807, 2.05) is 19.1 Å². The van der Waals surface area contributed by atoms with Gasteiger partial charge >= 0.3 is 0 Å². The molecule has 0 N–H and O–H groups in total. The van der Waals surface area contributed by atoms with E-state index >= 15 is 0 Å². The van der Waals surface area contributed by atoms with Gasteiger partial charge in [0.15, 0.2) is 6.29 Å². The zero-order chi connectivity index (χ0) is 23.2. The van der Waals surface area contributed by atoms with Gasteiger partial charge < -0.3 is 14.2 Å². The molecule has 2 aromatic rings. The van der Waals surface area contributed by atoms with Crippen LogP contribution >= 0.6 is 0 Å². The van der Waals surface area contributed by atoms with Gasteiger partial charge in [0.25, 0.3) is 0 Å². The van der Waals surface area contributed by atoms with Crippen molar-refractivity contribution in [3.05, 3.63) is 59.2 Å². The Morgan fingerprint density at radius 1 is 0.806 bits per heavy atom. The van der Waals surface area contributed by atoms with Crippen LogP contribution in [0.5, 0.6) is 11.5 Å². The smallest absolute Gasteiger partial charge is 0.197 e. The van der Waals surface area contributed by atoms with Gasteiger partial charge in [-0.05, 0) is 65.0 Å². The van der Waals surface area contributed by atoms with Gasteiger partial charge in [-0.1, -0.05) is 79.7 Å². The number of hydrogen-bond donors (Lipinski definition) is 0. The minimum absolute atomic E-state index is 0.00922. The fourth-order valence-electron chi connectivity index (χ4n) is 3.41. The minimum atomic E-state index is -0.330. The van der Waals surface area contributed by atoms with Crippen molar-refractivity contribution in [3.63, 3.8) is 0 Å². The first-order valence-corrected chi connectivity index (χ1v) is 11.6. The molecular formula is C28H42O3. The largest absolute Gasteiger partial charge is 0.491 e. The van der Waals surface area contributed by atoms with Crippen molar-refractivity contribution in [2.75, 3.05) is 13.2 Å². The van der Waals surface area contributed by atoms with Gasteiger partial charge in [0.2, 0.25) is 0 Å². The van der Waals surface area contributed by atoms with Crippen LogP contribution in [0.1, 0.15) is 91.3 Å². The average molecular weight is 427 g/mol. The summed E-state index contributed by atoms with van der Waals surface area (Å²) in [7, 11) is 0. The minimum Gasteiger partial charge on any atom is -0.491 e. The molecule has 172 valence electrons. The molecule has 0 radical (unpaired) electrons. The molecule has 2 atom stereocenters. The Balaban J connectivity index is 1.89. The van der Waals surface area contributed by atoms with E-state index in [2.05, 4.69) is 85.7 Å². The molecule has 0 aliphatic heterocycles. The second-order valence-corrected chi connectivity index (χ2v) is 10.5. The quantitative estimate of drug-likeness (QED) is 0.305. The molecule has 0 heterocycles. The summed E-state index contributed by atoms with van der Waals surface area (Å²) >= 11 is 0. The standard InChI is InChI=1S/C28H42O3/c1-10-20(2)22-11-14-24(15-12-22)31-21(3)29-17-18-30-26-16-13-23(27(4,5)6)19-25(26)28(7,8)9/h11-16,19-21H,10,17-18H2,1-9H3. The summed E-state index contributed by atoms with van der Waals surface area (Å²) in [4.78, 5) is 0. The molecule has 0 spiro atoms. The van der Waals surface area contributed by atoms with Crippen LogP contribution in [0.3, 0.4) is 0 Å². The van der Waals surface area contributed by atoms with Crippen LogP contribution in [-0.4, -0.2) is 19.5 Å². The van der Waals surface area contributed by atoms with E-state index in [1.54, 1.807) is 0 Å². The summed E-state index contributed by atoms with van der Waals surface area (Å²) in [5, 5.41) is 0. The van der Waals surface area contributed by atoms with Gasteiger partial charge in [-0.3, -0.25) is 0 Å². The molecule has 2 rings (SSSR count). The maximum atomic E-state index is 6.11. The molecule has 31 heavy (non-hydrogen) atoms. The Hall–Kier alpha value is -2.00. The van der Waals surface area contributed by atoms with Crippen LogP contribution < -0.4 is 9.47 Å². The maximum Gasteiger partial charge on any atom is 0.197 e. The summed E-state index contributed by atoms with van der Waals surface area (Å²) in [5.74, 6) is 2.32. The van der Waals surface area contributed by atoms with Gasteiger partial charge in [0.1, 0.15) is 18.1 Å². The van der Waals surface area contributed by atoms with Crippen molar-refractivity contribution in [2.24, 2.45) is 0 Å². The third-order valence-electron chi connectivity index (χ3n) is 5.71. The predicted octanol–water partition coefficient (Wildman–Crippen LogP) is 7.62. The van der Waals surface area contributed by atoms with Gasteiger partial charge in [-0.25, -0.2) is 0 Å². The normalized spacial score (nSPS) is 14.2. The lowest BCUT2D eigenvalue weighted by molar-refractivity contribution is -0.0740. The second-order valence-electron chi connectivity index (χ2n) is 10.5. The highest BCUT2D eigenvalue weighted by molar-refractivity contribution is 5.43. The number of rotatable bonds is 9. The van der Waals surface area contributed by atoms with E-state index in [9.17, 15) is 0 Å². The highest BCUT2D eigenvalue weighted by atomic mass is 16.7. The summed E-state index contributed by atoms with van der Waals surface area (Å²) in [6, 6.07) is 14.9. The van der Waals surface area contributed by atoms with Crippen molar-refractivity contribution >= 4 is 0 Å². The first-order valence-electron chi connectivity index (χ1n) is 11.6. The summed E-state index contributed by atoms with van der Waals surface area (Å²) in [5.41, 5.74) is 4.01. The van der Waals surface area contributed by atoms with E-state index in [0.29, 0.717) is 19.1 Å². The molecule has 0 bridgehead atoms. The molecule has 0 saturated carbocycles. The van der Waals surface area contributed by atoms with Crippen LogP contribution in [0.15, 0.2) is 42.5 Å². The van der Waals surface area contributed by atoms with Crippen LogP contribution in [0.4, 0.5) is 0 Å². The number of ether oxygens (including phenoxy) is 3. The number of benzene rings is 2. The molecule has 2 unspecified atom stereocenters. The lowest BCUT2D eigenvalue weighted by atomic mass is 9.80. The highest BCUT2D eigenvalue weighted by Gasteiger charge is 2.23. The highest BCUT2D eigenvalue weighted by Crippen LogP contribution is 2.35. The van der Waals surface area contributed by atoms with Crippen LogP contribution in [0, 0.1) is 0 Å². The SMILES string of the molecule is CCC(C)c1ccc(OC(C)OCCOc2ccc(C(C)(C)C)cc2C(C)(C)C)cc1. The zero-order valence-electron chi connectivity index (χ0n) is 21.0. The second kappa shape index (κ2) is 10.5. The summed E-state index contributed by atoms with van der Waals surface area (Å²) in [6.45, 7) is 20.7. The molecule has 0 aromatic heterocycles. The molecule has 0 saturated heterocycles. The maximum absolute atomic E-state index is 6.11. The molecule has 0 fully saturated rings. The van der Waals surface area contributed by atoms with Crippen LogP contribution in [0.2, 0.25) is 0 Å². The molecular weight excluding hydrogens is 384 g/mol. The topological polar surface area (TPSA) is 27.7 Å². The molecule has 2 aromatic carbocycles. The van der Waals surface area contributed by atoms with Crippen LogP contribution in [0.25, 0.3) is 0 Å². The molecule has 0 aliphatic rings. The van der Waals surface area contributed by atoms with Gasteiger partial charge in [0.05, 0.1) is 6.61 Å². The van der Waals surface area contributed by atoms with Crippen molar-refractivity contribution in [3.8, 4) is 11.5 Å². The van der Waals surface area contributed by atoms with Crippen molar-refractivity contribution in [1.29, 1.82) is 0 Å². The fraction of sp³-hybridized carbons (Fsp3) is 0.571. The Labute approximate surface area is 190 Å². The Bertz CT molecular complexity index is 810.